The van der Waals surface area contributed by atoms with Crippen LogP contribution in [0.4, 0.5) is 0 Å². The zero-order valence-corrected chi connectivity index (χ0v) is 10.9. The van der Waals surface area contributed by atoms with Crippen LogP contribution in [-0.4, -0.2) is 22.4 Å². The summed E-state index contributed by atoms with van der Waals surface area (Å²) in [5.74, 6) is -0.398. The van der Waals surface area contributed by atoms with Gasteiger partial charge in [0.25, 0.3) is 0 Å². The van der Waals surface area contributed by atoms with Gasteiger partial charge in [0.1, 0.15) is 0 Å². The molecule has 2 N–H and O–H groups in total. The molecule has 5 rings (SSSR count). The zero-order valence-electron chi connectivity index (χ0n) is 10.1. The Balaban J connectivity index is 2.08. The van der Waals surface area contributed by atoms with Gasteiger partial charge in [-0.25, -0.2) is 0 Å². The summed E-state index contributed by atoms with van der Waals surface area (Å²) in [7, 11) is 0. The summed E-state index contributed by atoms with van der Waals surface area (Å²) in [5.41, 5.74) is 4.23. The van der Waals surface area contributed by atoms with Crippen molar-refractivity contribution in [2.75, 3.05) is 0 Å². The van der Waals surface area contributed by atoms with Crippen LogP contribution in [0.5, 0.6) is 0 Å². The molecule has 0 spiro atoms. The lowest BCUT2D eigenvalue weighted by Gasteiger charge is -2.46. The molecule has 0 unspecified atom stereocenters. The van der Waals surface area contributed by atoms with E-state index in [9.17, 15) is 10.2 Å². The maximum Gasteiger partial charge on any atom is 0.0918 e. The molecular formula is C16H13ClO2. The third-order valence-electron chi connectivity index (χ3n) is 4.43. The van der Waals surface area contributed by atoms with Crippen molar-refractivity contribution in [1.82, 2.24) is 0 Å². The number of rotatable bonds is 0. The van der Waals surface area contributed by atoms with Crippen LogP contribution in [-0.2, 0) is 0 Å². The SMILES string of the molecule is O[C@@H]1[C@@H]2c3ccccc3[C@@H](c3c(Cl)cccc32)[C@@H]1O. The number of hydrogen-bond donors (Lipinski definition) is 2. The highest BCUT2D eigenvalue weighted by Crippen LogP contribution is 2.54. The Morgan fingerprint density at radius 2 is 1.32 bits per heavy atom. The Bertz CT molecular complexity index is 668. The Kier molecular flexibility index (Phi) is 2.31. The molecule has 2 aromatic carbocycles. The van der Waals surface area contributed by atoms with Gasteiger partial charge < -0.3 is 10.2 Å². The van der Waals surface area contributed by atoms with Crippen LogP contribution in [0.3, 0.4) is 0 Å². The molecule has 3 heteroatoms. The van der Waals surface area contributed by atoms with E-state index in [1.165, 1.54) is 0 Å². The van der Waals surface area contributed by atoms with Crippen LogP contribution in [0, 0.1) is 0 Å². The van der Waals surface area contributed by atoms with Crippen molar-refractivity contribution in [3.05, 3.63) is 69.7 Å². The second-order valence-electron chi connectivity index (χ2n) is 5.31. The van der Waals surface area contributed by atoms with Crippen molar-refractivity contribution < 1.29 is 10.2 Å². The highest BCUT2D eigenvalue weighted by Gasteiger charge is 2.49. The molecule has 3 aliphatic rings. The summed E-state index contributed by atoms with van der Waals surface area (Å²) < 4.78 is 0. The van der Waals surface area contributed by atoms with Gasteiger partial charge in [0.15, 0.2) is 0 Å². The van der Waals surface area contributed by atoms with Gasteiger partial charge in [0.05, 0.1) is 12.2 Å². The second-order valence-corrected chi connectivity index (χ2v) is 5.72. The predicted octanol–water partition coefficient (Wildman–Crippen LogP) is 2.65. The molecule has 0 radical (unpaired) electrons. The van der Waals surface area contributed by atoms with Crippen molar-refractivity contribution >= 4 is 11.6 Å². The summed E-state index contributed by atoms with van der Waals surface area (Å²) in [5, 5.41) is 21.4. The zero-order chi connectivity index (χ0) is 13.1. The van der Waals surface area contributed by atoms with Gasteiger partial charge in [-0.3, -0.25) is 0 Å². The van der Waals surface area contributed by atoms with E-state index in [0.717, 1.165) is 22.3 Å². The van der Waals surface area contributed by atoms with Gasteiger partial charge in [0.2, 0.25) is 0 Å². The van der Waals surface area contributed by atoms with E-state index in [2.05, 4.69) is 0 Å². The number of hydrogen-bond acceptors (Lipinski definition) is 2. The smallest absolute Gasteiger partial charge is 0.0918 e. The quantitative estimate of drug-likeness (QED) is 0.774. The molecule has 0 aliphatic heterocycles. The summed E-state index contributed by atoms with van der Waals surface area (Å²) >= 11 is 6.32. The van der Waals surface area contributed by atoms with Gasteiger partial charge in [-0.05, 0) is 28.3 Å². The largest absolute Gasteiger partial charge is 0.389 e. The Hall–Kier alpha value is -1.35. The maximum absolute atomic E-state index is 10.4. The summed E-state index contributed by atoms with van der Waals surface area (Å²) in [6.45, 7) is 0. The predicted molar refractivity (Wildman–Crippen MR) is 73.6 cm³/mol. The van der Waals surface area contributed by atoms with Crippen LogP contribution < -0.4 is 0 Å². The van der Waals surface area contributed by atoms with E-state index in [4.69, 9.17) is 11.6 Å². The van der Waals surface area contributed by atoms with Crippen LogP contribution in [0.2, 0.25) is 5.02 Å². The Morgan fingerprint density at radius 3 is 2.05 bits per heavy atom. The standard InChI is InChI=1S/C16H13ClO2/c17-11-7-3-6-10-12-8-4-1-2-5-9(8)14(13(10)11)16(19)15(12)18/h1-7,12,14-16,18-19H/t12-,14+,15-,16+/m1/s1. The summed E-state index contributed by atoms with van der Waals surface area (Å²) in [6, 6.07) is 13.8. The molecule has 3 aliphatic carbocycles. The first-order chi connectivity index (χ1) is 9.20. The van der Waals surface area contributed by atoms with Crippen molar-refractivity contribution in [2.24, 2.45) is 0 Å². The fraction of sp³-hybridized carbons (Fsp3) is 0.250. The summed E-state index contributed by atoms with van der Waals surface area (Å²) in [6.07, 6.45) is -1.54. The molecule has 4 atom stereocenters. The van der Waals surface area contributed by atoms with E-state index >= 15 is 0 Å². The number of benzene rings is 2. The van der Waals surface area contributed by atoms with Crippen LogP contribution in [0.15, 0.2) is 42.5 Å². The number of fused-ring (bicyclic) bond motifs is 1. The fourth-order valence-corrected chi connectivity index (χ4v) is 3.97. The molecule has 96 valence electrons. The van der Waals surface area contributed by atoms with Crippen molar-refractivity contribution in [1.29, 1.82) is 0 Å². The van der Waals surface area contributed by atoms with Gasteiger partial charge in [-0.2, -0.15) is 0 Å². The third kappa shape index (κ3) is 1.34. The number of aliphatic hydroxyl groups is 2. The molecule has 2 bridgehead atoms. The third-order valence-corrected chi connectivity index (χ3v) is 4.76. The first-order valence-corrected chi connectivity index (χ1v) is 6.81. The van der Waals surface area contributed by atoms with E-state index in [1.807, 2.05) is 42.5 Å². The number of halogens is 1. The van der Waals surface area contributed by atoms with Crippen LogP contribution in [0.1, 0.15) is 34.1 Å². The molecule has 0 aromatic heterocycles. The fourth-order valence-electron chi connectivity index (χ4n) is 3.67. The number of aliphatic hydroxyl groups excluding tert-OH is 2. The average molecular weight is 273 g/mol. The minimum atomic E-state index is -0.785. The molecule has 0 saturated heterocycles. The monoisotopic (exact) mass is 272 g/mol. The lowest BCUT2D eigenvalue weighted by Crippen LogP contribution is -2.47. The minimum Gasteiger partial charge on any atom is -0.389 e. The first kappa shape index (κ1) is 11.5. The van der Waals surface area contributed by atoms with E-state index in [1.54, 1.807) is 0 Å². The topological polar surface area (TPSA) is 40.5 Å². The molecule has 0 fully saturated rings. The van der Waals surface area contributed by atoms with Gasteiger partial charge >= 0.3 is 0 Å². The molecule has 2 nitrogen and oxygen atoms in total. The Labute approximate surface area is 116 Å². The maximum atomic E-state index is 10.4. The highest BCUT2D eigenvalue weighted by molar-refractivity contribution is 6.31. The van der Waals surface area contributed by atoms with Crippen molar-refractivity contribution in [2.45, 2.75) is 24.0 Å². The molecule has 19 heavy (non-hydrogen) atoms. The molecule has 0 saturated carbocycles. The van der Waals surface area contributed by atoms with E-state index in [-0.39, 0.29) is 11.8 Å². The highest BCUT2D eigenvalue weighted by atomic mass is 35.5. The lowest BCUT2D eigenvalue weighted by molar-refractivity contribution is -0.0154. The molecule has 0 heterocycles. The molecule has 0 amide bonds. The minimum absolute atomic E-state index is 0.176. The normalized spacial score (nSPS) is 30.9. The second kappa shape index (κ2) is 3.83. The van der Waals surface area contributed by atoms with Crippen LogP contribution in [0.25, 0.3) is 0 Å². The Morgan fingerprint density at radius 1 is 0.737 bits per heavy atom. The van der Waals surface area contributed by atoms with Gasteiger partial charge in [0, 0.05) is 16.9 Å². The van der Waals surface area contributed by atoms with E-state index in [0.29, 0.717) is 5.02 Å². The van der Waals surface area contributed by atoms with Crippen molar-refractivity contribution in [3.8, 4) is 0 Å². The van der Waals surface area contributed by atoms with E-state index < -0.39 is 12.2 Å². The lowest BCUT2D eigenvalue weighted by atomic mass is 9.61. The molecular weight excluding hydrogens is 260 g/mol. The van der Waals surface area contributed by atoms with Gasteiger partial charge in [-0.15, -0.1) is 0 Å². The van der Waals surface area contributed by atoms with Gasteiger partial charge in [-0.1, -0.05) is 48.0 Å². The average Bonchev–Trinajstić information content (AvgIpc) is 2.43. The van der Waals surface area contributed by atoms with Crippen molar-refractivity contribution in [3.63, 3.8) is 0 Å². The van der Waals surface area contributed by atoms with Crippen LogP contribution >= 0.6 is 11.6 Å². The first-order valence-electron chi connectivity index (χ1n) is 6.43. The molecule has 2 aromatic rings. The summed E-state index contributed by atoms with van der Waals surface area (Å²) in [4.78, 5) is 0.